The number of hydrogen-bond donors (Lipinski definition) is 1. The lowest BCUT2D eigenvalue weighted by Crippen LogP contribution is -2.61. The predicted octanol–water partition coefficient (Wildman–Crippen LogP) is -0.0240. The van der Waals surface area contributed by atoms with E-state index in [9.17, 15) is 17.9 Å². The van der Waals surface area contributed by atoms with E-state index in [4.69, 9.17) is 0 Å². The first-order chi connectivity index (χ1) is 7.31. The number of aliphatic hydroxyl groups is 1. The van der Waals surface area contributed by atoms with Gasteiger partial charge in [0.25, 0.3) is 0 Å². The van der Waals surface area contributed by atoms with E-state index in [0.29, 0.717) is 0 Å². The van der Waals surface area contributed by atoms with Gasteiger partial charge in [-0.05, 0) is 13.0 Å². The topological polar surface area (TPSA) is 70.5 Å². The summed E-state index contributed by atoms with van der Waals surface area (Å²) in [6, 6.07) is 0.912. The third kappa shape index (κ3) is 1.93. The molecular formula is C9H11FN2O3S. The zero-order chi connectivity index (χ0) is 12.0. The normalized spacial score (nSPS) is 20.4. The highest BCUT2D eigenvalue weighted by Crippen LogP contribution is 2.27. The summed E-state index contributed by atoms with van der Waals surface area (Å²) >= 11 is 0. The Hall–Kier alpha value is -1.05. The lowest BCUT2D eigenvalue weighted by Gasteiger charge is -2.42. The van der Waals surface area contributed by atoms with Gasteiger partial charge in [0.15, 0.2) is 0 Å². The largest absolute Gasteiger partial charge is 0.387 e. The number of halogens is 1. The lowest BCUT2D eigenvalue weighted by molar-refractivity contribution is -0.0426. The van der Waals surface area contributed by atoms with Crippen LogP contribution in [0.2, 0.25) is 0 Å². The summed E-state index contributed by atoms with van der Waals surface area (Å²) in [5.41, 5.74) is -0.992. The van der Waals surface area contributed by atoms with Gasteiger partial charge < -0.3 is 5.11 Å². The van der Waals surface area contributed by atoms with E-state index in [1.165, 1.54) is 0 Å². The number of sulfonamides is 1. The Labute approximate surface area is 92.6 Å². The standard InChI is InChI=1S/C9H11FN2O3S/c1-9(13)5-12(6-9)16(14,15)8-2-7(10)3-11-4-8/h2-4,13H,5-6H2,1H3. The van der Waals surface area contributed by atoms with Gasteiger partial charge in [0.2, 0.25) is 10.0 Å². The number of rotatable bonds is 2. The fourth-order valence-corrected chi connectivity index (χ4v) is 3.22. The van der Waals surface area contributed by atoms with Crippen LogP contribution < -0.4 is 0 Å². The van der Waals surface area contributed by atoms with Crippen LogP contribution in [0, 0.1) is 5.82 Å². The first kappa shape index (κ1) is 11.4. The van der Waals surface area contributed by atoms with Crippen LogP contribution in [0.3, 0.4) is 0 Å². The lowest BCUT2D eigenvalue weighted by atomic mass is 10.0. The van der Waals surface area contributed by atoms with Gasteiger partial charge in [-0.1, -0.05) is 0 Å². The Morgan fingerprint density at radius 2 is 2.12 bits per heavy atom. The van der Waals surface area contributed by atoms with Gasteiger partial charge in [-0.2, -0.15) is 4.31 Å². The van der Waals surface area contributed by atoms with Crippen LogP contribution in [0.25, 0.3) is 0 Å². The highest BCUT2D eigenvalue weighted by molar-refractivity contribution is 7.89. The van der Waals surface area contributed by atoms with E-state index in [-0.39, 0.29) is 18.0 Å². The van der Waals surface area contributed by atoms with Crippen LogP contribution in [-0.4, -0.2) is 41.5 Å². The molecule has 88 valence electrons. The Bertz CT molecular complexity index is 507. The van der Waals surface area contributed by atoms with E-state index in [0.717, 1.165) is 22.8 Å². The summed E-state index contributed by atoms with van der Waals surface area (Å²) in [6.45, 7) is 1.58. The number of hydrogen-bond acceptors (Lipinski definition) is 4. The smallest absolute Gasteiger partial charge is 0.244 e. The Morgan fingerprint density at radius 1 is 1.50 bits per heavy atom. The van der Waals surface area contributed by atoms with Crippen LogP contribution in [0.1, 0.15) is 6.92 Å². The van der Waals surface area contributed by atoms with E-state index in [1.807, 2.05) is 0 Å². The van der Waals surface area contributed by atoms with Crippen LogP contribution in [0.5, 0.6) is 0 Å². The first-order valence-electron chi connectivity index (χ1n) is 4.64. The monoisotopic (exact) mass is 246 g/mol. The van der Waals surface area contributed by atoms with Gasteiger partial charge in [0.05, 0.1) is 11.8 Å². The molecule has 1 aromatic rings. The summed E-state index contributed by atoms with van der Waals surface area (Å²) in [5.74, 6) is -0.701. The minimum atomic E-state index is -3.72. The number of β-amino-alcohol motifs (C(OH)–C–C–N with tert-alkyl or cyclic N) is 1. The Morgan fingerprint density at radius 3 is 2.62 bits per heavy atom. The van der Waals surface area contributed by atoms with Gasteiger partial charge >= 0.3 is 0 Å². The van der Waals surface area contributed by atoms with Gasteiger partial charge in [0, 0.05) is 19.3 Å². The van der Waals surface area contributed by atoms with Crippen LogP contribution >= 0.6 is 0 Å². The molecule has 0 unspecified atom stereocenters. The van der Waals surface area contributed by atoms with Crippen molar-refractivity contribution in [2.45, 2.75) is 17.4 Å². The Balaban J connectivity index is 2.28. The number of nitrogens with zero attached hydrogens (tertiary/aromatic N) is 2. The van der Waals surface area contributed by atoms with E-state index >= 15 is 0 Å². The zero-order valence-electron chi connectivity index (χ0n) is 8.59. The van der Waals surface area contributed by atoms with Crippen molar-refractivity contribution < 1.29 is 17.9 Å². The van der Waals surface area contributed by atoms with Crippen LogP contribution in [0.15, 0.2) is 23.4 Å². The van der Waals surface area contributed by atoms with Gasteiger partial charge in [-0.25, -0.2) is 12.8 Å². The second-order valence-electron chi connectivity index (χ2n) is 4.11. The molecule has 1 aromatic heterocycles. The van der Waals surface area contributed by atoms with Gasteiger partial charge in [0.1, 0.15) is 10.7 Å². The second kappa shape index (κ2) is 3.47. The van der Waals surface area contributed by atoms with E-state index in [2.05, 4.69) is 4.98 Å². The van der Waals surface area contributed by atoms with Crippen molar-refractivity contribution in [3.05, 3.63) is 24.3 Å². The third-order valence-corrected chi connectivity index (χ3v) is 4.11. The molecule has 1 aliphatic heterocycles. The van der Waals surface area contributed by atoms with Crippen LogP contribution in [-0.2, 0) is 10.0 Å². The summed E-state index contributed by atoms with van der Waals surface area (Å²) in [7, 11) is -3.72. The van der Waals surface area contributed by atoms with Crippen molar-refractivity contribution in [3.63, 3.8) is 0 Å². The minimum absolute atomic E-state index is 0.0197. The molecule has 16 heavy (non-hydrogen) atoms. The average Bonchev–Trinajstić information content (AvgIpc) is 2.14. The summed E-state index contributed by atoms with van der Waals surface area (Å²) in [4.78, 5) is 3.29. The fourth-order valence-electron chi connectivity index (χ4n) is 1.57. The summed E-state index contributed by atoms with van der Waals surface area (Å²) in [6.07, 6.45) is 2.02. The highest BCUT2D eigenvalue weighted by atomic mass is 32.2. The molecule has 0 amide bonds. The molecule has 0 radical (unpaired) electrons. The molecule has 2 heterocycles. The van der Waals surface area contributed by atoms with Crippen molar-refractivity contribution in [1.82, 2.24) is 9.29 Å². The summed E-state index contributed by atoms with van der Waals surface area (Å²) < 4.78 is 37.7. The molecule has 7 heteroatoms. The molecule has 0 aromatic carbocycles. The second-order valence-corrected chi connectivity index (χ2v) is 6.05. The SMILES string of the molecule is CC1(O)CN(S(=O)(=O)c2cncc(F)c2)C1. The van der Waals surface area contributed by atoms with Crippen molar-refractivity contribution >= 4 is 10.0 Å². The molecule has 1 saturated heterocycles. The van der Waals surface area contributed by atoms with Gasteiger partial charge in [-0.3, -0.25) is 4.98 Å². The van der Waals surface area contributed by atoms with Crippen molar-refractivity contribution in [1.29, 1.82) is 0 Å². The van der Waals surface area contributed by atoms with Gasteiger partial charge in [-0.15, -0.1) is 0 Å². The van der Waals surface area contributed by atoms with Crippen molar-refractivity contribution in [2.24, 2.45) is 0 Å². The molecule has 1 fully saturated rings. The average molecular weight is 246 g/mol. The molecule has 0 atom stereocenters. The van der Waals surface area contributed by atoms with E-state index in [1.54, 1.807) is 6.92 Å². The fraction of sp³-hybridized carbons (Fsp3) is 0.444. The molecule has 0 spiro atoms. The molecular weight excluding hydrogens is 235 g/mol. The highest BCUT2D eigenvalue weighted by Gasteiger charge is 2.44. The maximum absolute atomic E-state index is 12.8. The molecule has 0 saturated carbocycles. The van der Waals surface area contributed by atoms with Crippen molar-refractivity contribution in [3.8, 4) is 0 Å². The molecule has 0 aliphatic carbocycles. The number of pyridine rings is 1. The van der Waals surface area contributed by atoms with Crippen molar-refractivity contribution in [2.75, 3.05) is 13.1 Å². The molecule has 1 aliphatic rings. The maximum Gasteiger partial charge on any atom is 0.244 e. The molecule has 1 N–H and O–H groups in total. The molecule has 2 rings (SSSR count). The molecule has 0 bridgehead atoms. The minimum Gasteiger partial charge on any atom is -0.387 e. The summed E-state index contributed by atoms with van der Waals surface area (Å²) in [5, 5.41) is 9.45. The number of aromatic nitrogens is 1. The quantitative estimate of drug-likeness (QED) is 0.796. The van der Waals surface area contributed by atoms with Crippen LogP contribution in [0.4, 0.5) is 4.39 Å². The maximum atomic E-state index is 12.8. The van der Waals surface area contributed by atoms with E-state index < -0.39 is 21.4 Å². The Kier molecular flexibility index (Phi) is 2.48. The zero-order valence-corrected chi connectivity index (χ0v) is 9.41. The third-order valence-electron chi connectivity index (χ3n) is 2.35. The predicted molar refractivity (Wildman–Crippen MR) is 53.6 cm³/mol. The molecule has 5 nitrogen and oxygen atoms in total. The first-order valence-corrected chi connectivity index (χ1v) is 6.08.